The van der Waals surface area contributed by atoms with Gasteiger partial charge in [0, 0.05) is 35.4 Å². The van der Waals surface area contributed by atoms with Crippen LogP contribution in [0.1, 0.15) is 190 Å². The zero-order chi connectivity index (χ0) is 52.6. The first kappa shape index (κ1) is 53.3. The Balaban J connectivity index is 1.73. The molecule has 7 aromatic rings. The minimum absolute atomic E-state index is 0.0447. The lowest BCUT2D eigenvalue weighted by atomic mass is 9.78. The van der Waals surface area contributed by atoms with Gasteiger partial charge in [0.1, 0.15) is 0 Å². The predicted octanol–water partition coefficient (Wildman–Crippen LogP) is 19.7. The maximum atomic E-state index is 2.62. The van der Waals surface area contributed by atoms with Crippen molar-refractivity contribution >= 4 is 0 Å². The molecule has 0 N–H and O–H groups in total. The summed E-state index contributed by atoms with van der Waals surface area (Å²) in [6, 6.07) is 52.9. The van der Waals surface area contributed by atoms with E-state index in [1.807, 2.05) is 0 Å². The number of benzene rings is 6. The van der Waals surface area contributed by atoms with Gasteiger partial charge in [-0.2, -0.15) is 4.57 Å². The van der Waals surface area contributed by atoms with Crippen LogP contribution in [0.2, 0.25) is 0 Å². The third-order valence-corrected chi connectivity index (χ3v) is 14.8. The molecule has 0 amide bonds. The lowest BCUT2D eigenvalue weighted by molar-refractivity contribution is -0.572. The van der Waals surface area contributed by atoms with Crippen molar-refractivity contribution in [2.45, 2.75) is 190 Å². The van der Waals surface area contributed by atoms with Gasteiger partial charge in [-0.1, -0.05) is 230 Å². The Morgan fingerprint density at radius 1 is 0.239 bits per heavy atom. The van der Waals surface area contributed by atoms with Gasteiger partial charge in [-0.25, -0.2) is 0 Å². The largest absolute Gasteiger partial charge is 0.219 e. The molecule has 0 aliphatic carbocycles. The molecule has 1 nitrogen and oxygen atoms in total. The van der Waals surface area contributed by atoms with Crippen molar-refractivity contribution in [3.63, 3.8) is 0 Å². The summed E-state index contributed by atoms with van der Waals surface area (Å²) < 4.78 is 2.62. The summed E-state index contributed by atoms with van der Waals surface area (Å²) in [6.07, 6.45) is 0. The van der Waals surface area contributed by atoms with Crippen LogP contribution >= 0.6 is 0 Å². The van der Waals surface area contributed by atoms with Crippen LogP contribution in [0.3, 0.4) is 0 Å². The molecule has 0 unspecified atom stereocenters. The number of pyridine rings is 1. The maximum absolute atomic E-state index is 2.62. The molecule has 0 aliphatic rings. The Morgan fingerprint density at radius 2 is 0.493 bits per heavy atom. The molecular formula is C70H88N+. The van der Waals surface area contributed by atoms with Crippen LogP contribution in [0, 0.1) is 6.92 Å². The molecule has 0 bridgehead atoms. The summed E-state index contributed by atoms with van der Waals surface area (Å²) in [5, 5.41) is 0. The summed E-state index contributed by atoms with van der Waals surface area (Å²) in [5.41, 5.74) is 23.7. The van der Waals surface area contributed by atoms with Crippen LogP contribution in [0.5, 0.6) is 0 Å². The second-order valence-corrected chi connectivity index (χ2v) is 28.1. The van der Waals surface area contributed by atoms with E-state index in [1.54, 1.807) is 0 Å². The fourth-order valence-corrected chi connectivity index (χ4v) is 9.64. The first-order valence-electron chi connectivity index (χ1n) is 26.4. The number of hydrogen-bond donors (Lipinski definition) is 0. The van der Waals surface area contributed by atoms with Crippen molar-refractivity contribution in [1.82, 2.24) is 0 Å². The number of rotatable bonds is 6. The lowest BCUT2D eigenvalue weighted by Gasteiger charge is -2.27. The highest BCUT2D eigenvalue weighted by atomic mass is 15.0. The summed E-state index contributed by atoms with van der Waals surface area (Å²) in [7, 11) is 0. The maximum Gasteiger partial charge on any atom is 0.219 e. The summed E-state index contributed by atoms with van der Waals surface area (Å²) >= 11 is 0. The SMILES string of the molecule is Cc1c(-c2ccc(C(C)(C)C)cc2)cc(-[n+]2c(-c3cc(C(C)(C)C)cc(C(C)(C)C)c3)cc(-c3ccc(C(C)(C)C)cc3)cc2-c2cc(C(C)(C)C)cc(C(C)(C)C)c2)cc1-c1ccc(C(C)(C)C)cc1. The monoisotopic (exact) mass is 943 g/mol. The van der Waals surface area contributed by atoms with E-state index in [9.17, 15) is 0 Å². The summed E-state index contributed by atoms with van der Waals surface area (Å²) in [6.45, 7) is 51.3. The van der Waals surface area contributed by atoms with Gasteiger partial charge in [0.05, 0.1) is 0 Å². The number of nitrogens with zero attached hydrogens (tertiary/aromatic N) is 1. The molecule has 0 atom stereocenters. The second-order valence-electron chi connectivity index (χ2n) is 28.1. The van der Waals surface area contributed by atoms with E-state index >= 15 is 0 Å². The quantitative estimate of drug-likeness (QED) is 0.146. The van der Waals surface area contributed by atoms with E-state index in [-0.39, 0.29) is 37.9 Å². The van der Waals surface area contributed by atoms with Gasteiger partial charge >= 0.3 is 0 Å². The smallest absolute Gasteiger partial charge is 0.153 e. The highest BCUT2D eigenvalue weighted by molar-refractivity contribution is 5.82. The Kier molecular flexibility index (Phi) is 13.9. The van der Waals surface area contributed by atoms with Crippen LogP contribution in [0.25, 0.3) is 61.6 Å². The molecule has 1 heteroatoms. The fourth-order valence-electron chi connectivity index (χ4n) is 9.64. The molecule has 1 aromatic heterocycles. The van der Waals surface area contributed by atoms with Crippen molar-refractivity contribution in [3.05, 3.63) is 178 Å². The van der Waals surface area contributed by atoms with Gasteiger partial charge in [-0.15, -0.1) is 0 Å². The molecule has 7 rings (SSSR count). The van der Waals surface area contributed by atoms with Crippen LogP contribution in [0.4, 0.5) is 0 Å². The molecule has 0 saturated carbocycles. The van der Waals surface area contributed by atoms with Gasteiger partial charge in [0.2, 0.25) is 17.1 Å². The van der Waals surface area contributed by atoms with E-state index in [0.717, 1.165) is 5.69 Å². The first-order valence-corrected chi connectivity index (χ1v) is 26.4. The Bertz CT molecular complexity index is 2810. The second kappa shape index (κ2) is 18.5. The molecular weight excluding hydrogens is 855 g/mol. The van der Waals surface area contributed by atoms with Crippen LogP contribution in [-0.4, -0.2) is 0 Å². The van der Waals surface area contributed by atoms with Gasteiger partial charge in [0.15, 0.2) is 0 Å². The molecule has 0 spiro atoms. The van der Waals surface area contributed by atoms with Gasteiger partial charge < -0.3 is 0 Å². The Morgan fingerprint density at radius 3 is 0.746 bits per heavy atom. The zero-order valence-corrected chi connectivity index (χ0v) is 48.1. The standard InChI is InChI=1S/C70H88N/c1-45-60(47-25-31-53(32-26-47)65(5,6)7)43-59(44-61(45)48-27-33-54(34-28-48)66(8,9)10)71-62(50-35-55(67(11,12)13)41-56(36-50)68(14,15)16)39-49(46-23-29-52(30-24-46)64(2,3)4)40-63(71)51-37-57(69(17,18)19)42-58(38-51)70(20,21)22/h23-44H,1-22H3/q+1. The normalized spacial score (nSPS) is 13.2. The molecule has 0 aliphatic heterocycles. The average Bonchev–Trinajstić information content (AvgIpc) is 3.26. The predicted molar refractivity (Wildman–Crippen MR) is 311 cm³/mol. The highest BCUT2D eigenvalue weighted by Gasteiger charge is 2.32. The van der Waals surface area contributed by atoms with Crippen LogP contribution in [0.15, 0.2) is 133 Å². The van der Waals surface area contributed by atoms with E-state index in [2.05, 4.69) is 290 Å². The number of hydrogen-bond acceptors (Lipinski definition) is 0. The van der Waals surface area contributed by atoms with E-state index < -0.39 is 0 Å². The molecule has 6 aromatic carbocycles. The molecule has 0 fully saturated rings. The average molecular weight is 943 g/mol. The van der Waals surface area contributed by atoms with Crippen molar-refractivity contribution < 1.29 is 4.57 Å². The third-order valence-electron chi connectivity index (χ3n) is 14.8. The zero-order valence-electron chi connectivity index (χ0n) is 48.1. The van der Waals surface area contributed by atoms with Gasteiger partial charge in [0.25, 0.3) is 0 Å². The van der Waals surface area contributed by atoms with Gasteiger partial charge in [-0.05, 0) is 147 Å². The van der Waals surface area contributed by atoms with Crippen molar-refractivity contribution in [3.8, 4) is 61.6 Å². The lowest BCUT2D eigenvalue weighted by Crippen LogP contribution is -2.37. The molecule has 372 valence electrons. The van der Waals surface area contributed by atoms with Crippen LogP contribution in [-0.2, 0) is 37.9 Å². The van der Waals surface area contributed by atoms with Crippen molar-refractivity contribution in [2.75, 3.05) is 0 Å². The fraction of sp³-hybridized carbons (Fsp3) is 0.414. The molecule has 0 saturated heterocycles. The molecule has 71 heavy (non-hydrogen) atoms. The Hall–Kier alpha value is -5.53. The summed E-state index contributed by atoms with van der Waals surface area (Å²) in [4.78, 5) is 0. The highest BCUT2D eigenvalue weighted by Crippen LogP contribution is 2.42. The topological polar surface area (TPSA) is 3.88 Å². The Labute approximate surface area is 432 Å². The van der Waals surface area contributed by atoms with Crippen LogP contribution < -0.4 is 4.57 Å². The van der Waals surface area contributed by atoms with Crippen molar-refractivity contribution in [2.24, 2.45) is 0 Å². The number of aromatic nitrogens is 1. The van der Waals surface area contributed by atoms with Crippen molar-refractivity contribution in [1.29, 1.82) is 0 Å². The van der Waals surface area contributed by atoms with Gasteiger partial charge in [-0.3, -0.25) is 0 Å². The van der Waals surface area contributed by atoms with E-state index in [4.69, 9.17) is 0 Å². The molecule has 1 heterocycles. The minimum Gasteiger partial charge on any atom is -0.153 e. The minimum atomic E-state index is -0.0741. The first-order chi connectivity index (χ1) is 32.5. The third kappa shape index (κ3) is 11.7. The van der Waals surface area contributed by atoms with E-state index in [0.29, 0.717) is 0 Å². The molecule has 0 radical (unpaired) electrons. The van der Waals surface area contributed by atoms with E-state index in [1.165, 1.54) is 100 Å². The summed E-state index contributed by atoms with van der Waals surface area (Å²) in [5.74, 6) is 0.